The predicted molar refractivity (Wildman–Crippen MR) is 100 cm³/mol. The lowest BCUT2D eigenvalue weighted by atomic mass is 9.99. The van der Waals surface area contributed by atoms with Crippen molar-refractivity contribution in [2.45, 2.75) is 52.6 Å². The maximum Gasteiger partial charge on any atom is 0.349 e. The zero-order valence-corrected chi connectivity index (χ0v) is 15.7. The number of hydrogen-bond donors (Lipinski definition) is 1. The van der Waals surface area contributed by atoms with Crippen LogP contribution in [0.3, 0.4) is 0 Å². The molecule has 3 rings (SSSR count). The molecule has 5 heteroatoms. The maximum absolute atomic E-state index is 12.3. The SMILES string of the molecule is Cc1cc(C)cc(NC(=O)C(C)OC(=O)c2cc3c(s2)CCCC3)c1. The quantitative estimate of drug-likeness (QED) is 0.824. The van der Waals surface area contributed by atoms with E-state index in [-0.39, 0.29) is 5.91 Å². The van der Waals surface area contributed by atoms with Crippen molar-refractivity contribution in [2.75, 3.05) is 5.32 Å². The second-order valence-electron chi connectivity index (χ2n) is 6.68. The molecule has 2 aromatic rings. The van der Waals surface area contributed by atoms with Gasteiger partial charge in [0.25, 0.3) is 5.91 Å². The van der Waals surface area contributed by atoms with E-state index in [2.05, 4.69) is 5.32 Å². The highest BCUT2D eigenvalue weighted by Gasteiger charge is 2.22. The summed E-state index contributed by atoms with van der Waals surface area (Å²) < 4.78 is 5.37. The van der Waals surface area contributed by atoms with Gasteiger partial charge in [0, 0.05) is 10.6 Å². The Balaban J connectivity index is 1.62. The van der Waals surface area contributed by atoms with Gasteiger partial charge in [-0.2, -0.15) is 0 Å². The zero-order chi connectivity index (χ0) is 18.0. The first-order valence-electron chi connectivity index (χ1n) is 8.64. The Morgan fingerprint density at radius 3 is 2.44 bits per heavy atom. The molecule has 4 nitrogen and oxygen atoms in total. The molecule has 1 aromatic carbocycles. The number of rotatable bonds is 4. The van der Waals surface area contributed by atoms with Crippen LogP contribution in [0.1, 0.15) is 51.0 Å². The molecule has 1 amide bonds. The first-order valence-corrected chi connectivity index (χ1v) is 9.46. The van der Waals surface area contributed by atoms with Gasteiger partial charge >= 0.3 is 5.97 Å². The number of ether oxygens (including phenoxy) is 1. The fourth-order valence-corrected chi connectivity index (χ4v) is 4.29. The van der Waals surface area contributed by atoms with Crippen molar-refractivity contribution >= 4 is 28.9 Å². The first kappa shape index (κ1) is 17.7. The van der Waals surface area contributed by atoms with Gasteiger partial charge in [0.2, 0.25) is 0 Å². The molecule has 132 valence electrons. The predicted octanol–water partition coefficient (Wildman–Crippen LogP) is 4.43. The number of amides is 1. The van der Waals surface area contributed by atoms with Crippen molar-refractivity contribution in [2.24, 2.45) is 0 Å². The van der Waals surface area contributed by atoms with Crippen LogP contribution >= 0.6 is 11.3 Å². The zero-order valence-electron chi connectivity index (χ0n) is 14.8. The average Bonchev–Trinajstić information content (AvgIpc) is 2.97. The highest BCUT2D eigenvalue weighted by atomic mass is 32.1. The molecule has 25 heavy (non-hydrogen) atoms. The van der Waals surface area contributed by atoms with E-state index >= 15 is 0 Å². The van der Waals surface area contributed by atoms with Gasteiger partial charge in [-0.3, -0.25) is 4.79 Å². The van der Waals surface area contributed by atoms with Crippen LogP contribution in [0.5, 0.6) is 0 Å². The van der Waals surface area contributed by atoms with Crippen LogP contribution in [0.4, 0.5) is 5.69 Å². The fraction of sp³-hybridized carbons (Fsp3) is 0.400. The molecule has 1 aliphatic rings. The van der Waals surface area contributed by atoms with E-state index in [1.54, 1.807) is 6.92 Å². The van der Waals surface area contributed by atoms with Crippen molar-refractivity contribution in [3.63, 3.8) is 0 Å². The highest BCUT2D eigenvalue weighted by molar-refractivity contribution is 7.14. The lowest BCUT2D eigenvalue weighted by Gasteiger charge is -2.13. The number of nitrogens with one attached hydrogen (secondary N) is 1. The standard InChI is InChI=1S/C20H23NO3S/c1-12-8-13(2)10-16(9-12)21-19(22)14(3)24-20(23)18-11-15-6-4-5-7-17(15)25-18/h8-11,14H,4-7H2,1-3H3,(H,21,22). The molecular weight excluding hydrogens is 334 g/mol. The molecule has 0 saturated carbocycles. The number of hydrogen-bond acceptors (Lipinski definition) is 4. The van der Waals surface area contributed by atoms with E-state index < -0.39 is 12.1 Å². The van der Waals surface area contributed by atoms with Crippen molar-refractivity contribution < 1.29 is 14.3 Å². The molecule has 1 aromatic heterocycles. The third-order valence-corrected chi connectivity index (χ3v) is 5.56. The minimum Gasteiger partial charge on any atom is -0.448 e. The number of aryl methyl sites for hydroxylation is 4. The molecule has 1 atom stereocenters. The summed E-state index contributed by atoms with van der Waals surface area (Å²) in [7, 11) is 0. The van der Waals surface area contributed by atoms with E-state index in [0.29, 0.717) is 4.88 Å². The summed E-state index contributed by atoms with van der Waals surface area (Å²) in [5, 5.41) is 2.82. The molecule has 0 spiro atoms. The summed E-state index contributed by atoms with van der Waals surface area (Å²) in [6.45, 7) is 5.55. The van der Waals surface area contributed by atoms with Crippen molar-refractivity contribution in [1.29, 1.82) is 0 Å². The highest BCUT2D eigenvalue weighted by Crippen LogP contribution is 2.30. The molecule has 0 saturated heterocycles. The summed E-state index contributed by atoms with van der Waals surface area (Å²) >= 11 is 1.50. The van der Waals surface area contributed by atoms with Crippen LogP contribution in [-0.4, -0.2) is 18.0 Å². The van der Waals surface area contributed by atoms with Gasteiger partial charge in [-0.1, -0.05) is 6.07 Å². The summed E-state index contributed by atoms with van der Waals surface area (Å²) in [4.78, 5) is 26.5. The summed E-state index contributed by atoms with van der Waals surface area (Å²) in [5.74, 6) is -0.734. The Labute approximate surface area is 152 Å². The number of benzene rings is 1. The molecule has 1 aliphatic carbocycles. The van der Waals surface area contributed by atoms with E-state index in [1.165, 1.54) is 34.6 Å². The third kappa shape index (κ3) is 4.28. The van der Waals surface area contributed by atoms with Gasteiger partial charge in [0.1, 0.15) is 4.88 Å². The summed E-state index contributed by atoms with van der Waals surface area (Å²) in [6.07, 6.45) is 3.58. The van der Waals surface area contributed by atoms with Crippen LogP contribution < -0.4 is 5.32 Å². The number of thiophene rings is 1. The lowest BCUT2D eigenvalue weighted by molar-refractivity contribution is -0.123. The molecule has 0 radical (unpaired) electrons. The summed E-state index contributed by atoms with van der Waals surface area (Å²) in [5.41, 5.74) is 4.13. The largest absolute Gasteiger partial charge is 0.448 e. The Morgan fingerprint density at radius 2 is 1.76 bits per heavy atom. The Morgan fingerprint density at radius 1 is 1.08 bits per heavy atom. The number of anilines is 1. The smallest absolute Gasteiger partial charge is 0.349 e. The van der Waals surface area contributed by atoms with Gasteiger partial charge in [-0.15, -0.1) is 11.3 Å². The normalized spacial score (nSPS) is 14.5. The van der Waals surface area contributed by atoms with Crippen LogP contribution in [0.2, 0.25) is 0 Å². The van der Waals surface area contributed by atoms with Crippen molar-refractivity contribution in [1.82, 2.24) is 0 Å². The van der Waals surface area contributed by atoms with E-state index in [9.17, 15) is 9.59 Å². The van der Waals surface area contributed by atoms with Crippen molar-refractivity contribution in [3.8, 4) is 0 Å². The van der Waals surface area contributed by atoms with Crippen molar-refractivity contribution in [3.05, 3.63) is 50.7 Å². The molecular formula is C20H23NO3S. The van der Waals surface area contributed by atoms with E-state index in [0.717, 1.165) is 29.7 Å². The minimum absolute atomic E-state index is 0.320. The second kappa shape index (κ2) is 7.40. The Kier molecular flexibility index (Phi) is 5.23. The molecule has 0 aliphatic heterocycles. The lowest BCUT2D eigenvalue weighted by Crippen LogP contribution is -2.29. The molecule has 1 N–H and O–H groups in total. The Bertz CT molecular complexity index is 766. The maximum atomic E-state index is 12.3. The Hall–Kier alpha value is -2.14. The van der Waals surface area contributed by atoms with Gasteiger partial charge in [0.15, 0.2) is 6.10 Å². The number of carbonyl (C=O) groups excluding carboxylic acids is 2. The van der Waals surface area contributed by atoms with E-state index in [1.807, 2.05) is 38.1 Å². The van der Waals surface area contributed by atoms with Gasteiger partial charge < -0.3 is 10.1 Å². The van der Waals surface area contributed by atoms with Crippen LogP contribution in [0.15, 0.2) is 24.3 Å². The molecule has 1 heterocycles. The number of carbonyl (C=O) groups is 2. The molecule has 0 bridgehead atoms. The topological polar surface area (TPSA) is 55.4 Å². The van der Waals surface area contributed by atoms with E-state index in [4.69, 9.17) is 4.74 Å². The number of fused-ring (bicyclic) bond motifs is 1. The monoisotopic (exact) mass is 357 g/mol. The first-order chi connectivity index (χ1) is 11.9. The van der Waals surface area contributed by atoms with Crippen LogP contribution in [0.25, 0.3) is 0 Å². The molecule has 1 unspecified atom stereocenters. The van der Waals surface area contributed by atoms with Gasteiger partial charge in [0.05, 0.1) is 0 Å². The fourth-order valence-electron chi connectivity index (χ4n) is 3.15. The summed E-state index contributed by atoms with van der Waals surface area (Å²) in [6, 6.07) is 7.76. The van der Waals surface area contributed by atoms with Gasteiger partial charge in [-0.25, -0.2) is 4.79 Å². The second-order valence-corrected chi connectivity index (χ2v) is 7.82. The van der Waals surface area contributed by atoms with Gasteiger partial charge in [-0.05, 0) is 81.3 Å². The van der Waals surface area contributed by atoms with Crippen LogP contribution in [0, 0.1) is 13.8 Å². The average molecular weight is 357 g/mol. The minimum atomic E-state index is -0.840. The van der Waals surface area contributed by atoms with Crippen LogP contribution in [-0.2, 0) is 22.4 Å². The third-order valence-electron chi connectivity index (χ3n) is 4.34. The molecule has 0 fully saturated rings. The number of esters is 1.